The molecule has 0 heteroatoms. The van der Waals surface area contributed by atoms with Gasteiger partial charge in [0, 0.05) is 0 Å². The fraction of sp³-hybridized carbons (Fsp3) is 0.500. The van der Waals surface area contributed by atoms with Gasteiger partial charge in [-0.1, -0.05) is 50.5 Å². The minimum absolute atomic E-state index is 1.21. The summed E-state index contributed by atoms with van der Waals surface area (Å²) in [5.74, 6) is 0. The monoisotopic (exact) mass is 189 g/mol. The number of benzene rings is 1. The Bertz CT molecular complexity index is 250. The van der Waals surface area contributed by atoms with Crippen LogP contribution in [0.3, 0.4) is 0 Å². The van der Waals surface area contributed by atoms with E-state index in [1.165, 1.54) is 43.2 Å². The van der Waals surface area contributed by atoms with Crippen LogP contribution in [0.15, 0.2) is 24.3 Å². The zero-order chi connectivity index (χ0) is 10.2. The van der Waals surface area contributed by atoms with E-state index >= 15 is 0 Å². The Kier molecular flexibility index (Phi) is 5.36. The number of unbranched alkanes of at least 4 members (excludes halogenated alkanes) is 4. The van der Waals surface area contributed by atoms with Gasteiger partial charge in [0.05, 0.1) is 0 Å². The highest BCUT2D eigenvalue weighted by Gasteiger charge is 1.96. The quantitative estimate of drug-likeness (QED) is 0.584. The lowest BCUT2D eigenvalue weighted by Crippen LogP contribution is -1.89. The van der Waals surface area contributed by atoms with Gasteiger partial charge in [-0.3, -0.25) is 0 Å². The molecule has 1 radical (unpaired) electrons. The summed E-state index contributed by atoms with van der Waals surface area (Å²) in [4.78, 5) is 0. The molecule has 77 valence electrons. The summed E-state index contributed by atoms with van der Waals surface area (Å²) in [6, 6.07) is 8.70. The molecule has 0 fully saturated rings. The second-order valence-corrected chi connectivity index (χ2v) is 3.87. The zero-order valence-electron chi connectivity index (χ0n) is 9.42. The second kappa shape index (κ2) is 6.64. The fourth-order valence-corrected chi connectivity index (χ4v) is 1.70. The van der Waals surface area contributed by atoms with Crippen molar-refractivity contribution in [2.45, 2.75) is 46.0 Å². The van der Waals surface area contributed by atoms with Gasteiger partial charge in [-0.15, -0.1) is 0 Å². The summed E-state index contributed by atoms with van der Waals surface area (Å²) >= 11 is 0. The highest BCUT2D eigenvalue weighted by Crippen LogP contribution is 2.12. The zero-order valence-corrected chi connectivity index (χ0v) is 9.42. The molecule has 0 spiro atoms. The van der Waals surface area contributed by atoms with Crippen molar-refractivity contribution >= 4 is 0 Å². The topological polar surface area (TPSA) is 0 Å². The van der Waals surface area contributed by atoms with E-state index < -0.39 is 0 Å². The van der Waals surface area contributed by atoms with Gasteiger partial charge in [0.1, 0.15) is 0 Å². The van der Waals surface area contributed by atoms with E-state index in [-0.39, 0.29) is 0 Å². The van der Waals surface area contributed by atoms with Crippen molar-refractivity contribution in [2.24, 2.45) is 0 Å². The molecule has 0 saturated heterocycles. The maximum Gasteiger partial charge on any atom is -0.0276 e. The maximum atomic E-state index is 2.37. The third-order valence-electron chi connectivity index (χ3n) is 2.65. The van der Waals surface area contributed by atoms with E-state index in [0.29, 0.717) is 0 Å². The first-order chi connectivity index (χ1) is 6.84. The highest BCUT2D eigenvalue weighted by molar-refractivity contribution is 5.25. The van der Waals surface area contributed by atoms with Crippen LogP contribution in [0.4, 0.5) is 0 Å². The van der Waals surface area contributed by atoms with E-state index in [4.69, 9.17) is 0 Å². The number of rotatable bonds is 6. The average Bonchev–Trinajstić information content (AvgIpc) is 2.20. The van der Waals surface area contributed by atoms with Crippen LogP contribution in [0.2, 0.25) is 0 Å². The molecule has 0 N–H and O–H groups in total. The van der Waals surface area contributed by atoms with Crippen LogP contribution >= 0.6 is 0 Å². The van der Waals surface area contributed by atoms with Crippen LogP contribution in [0.1, 0.15) is 43.7 Å². The van der Waals surface area contributed by atoms with Gasteiger partial charge in [-0.05, 0) is 37.3 Å². The van der Waals surface area contributed by atoms with Crippen molar-refractivity contribution in [1.29, 1.82) is 0 Å². The standard InChI is InChI=1S/C14H21/c1-3-4-5-6-7-11-14-12-9-8-10-13(14)2/h4,8-10,12H,3,5-7,11H2,1-2H3. The van der Waals surface area contributed by atoms with Gasteiger partial charge < -0.3 is 0 Å². The Labute approximate surface area is 88.4 Å². The molecule has 0 bridgehead atoms. The van der Waals surface area contributed by atoms with Crippen LogP contribution in [-0.4, -0.2) is 0 Å². The summed E-state index contributed by atoms with van der Waals surface area (Å²) < 4.78 is 0. The smallest absolute Gasteiger partial charge is 0.0276 e. The molecule has 0 aliphatic rings. The van der Waals surface area contributed by atoms with Gasteiger partial charge in [0.2, 0.25) is 0 Å². The fourth-order valence-electron chi connectivity index (χ4n) is 1.70. The summed E-state index contributed by atoms with van der Waals surface area (Å²) in [6.45, 7) is 4.41. The van der Waals surface area contributed by atoms with Gasteiger partial charge >= 0.3 is 0 Å². The molecule has 1 aromatic rings. The van der Waals surface area contributed by atoms with Crippen LogP contribution in [0, 0.1) is 13.3 Å². The van der Waals surface area contributed by atoms with Crippen molar-refractivity contribution in [3.8, 4) is 0 Å². The third kappa shape index (κ3) is 3.95. The molecule has 1 rings (SSSR count). The lowest BCUT2D eigenvalue weighted by atomic mass is 10.0. The first-order valence-corrected chi connectivity index (χ1v) is 5.70. The predicted octanol–water partition coefficient (Wildman–Crippen LogP) is 4.32. The molecule has 0 aliphatic heterocycles. The molecular weight excluding hydrogens is 168 g/mol. The molecule has 0 nitrogen and oxygen atoms in total. The van der Waals surface area contributed by atoms with E-state index in [9.17, 15) is 0 Å². The summed E-state index contributed by atoms with van der Waals surface area (Å²) in [6.07, 6.45) is 8.76. The van der Waals surface area contributed by atoms with E-state index in [1.807, 2.05) is 0 Å². The van der Waals surface area contributed by atoms with Crippen molar-refractivity contribution in [3.63, 3.8) is 0 Å². The van der Waals surface area contributed by atoms with E-state index in [2.05, 4.69) is 44.5 Å². The lowest BCUT2D eigenvalue weighted by molar-refractivity contribution is 0.711. The van der Waals surface area contributed by atoms with Gasteiger partial charge in [-0.2, -0.15) is 0 Å². The number of hydrogen-bond acceptors (Lipinski definition) is 0. The molecule has 0 aliphatic carbocycles. The number of hydrogen-bond donors (Lipinski definition) is 0. The average molecular weight is 189 g/mol. The molecule has 0 saturated carbocycles. The maximum absolute atomic E-state index is 2.37. The van der Waals surface area contributed by atoms with Crippen molar-refractivity contribution < 1.29 is 0 Å². The number of aryl methyl sites for hydroxylation is 2. The van der Waals surface area contributed by atoms with Crippen molar-refractivity contribution in [3.05, 3.63) is 41.8 Å². The Hall–Kier alpha value is -0.780. The Balaban J connectivity index is 2.21. The van der Waals surface area contributed by atoms with Crippen LogP contribution < -0.4 is 0 Å². The molecule has 0 unspecified atom stereocenters. The Morgan fingerprint density at radius 3 is 2.64 bits per heavy atom. The Morgan fingerprint density at radius 1 is 1.14 bits per heavy atom. The Morgan fingerprint density at radius 2 is 1.93 bits per heavy atom. The van der Waals surface area contributed by atoms with Gasteiger partial charge in [0.25, 0.3) is 0 Å². The molecular formula is C14H21. The molecule has 14 heavy (non-hydrogen) atoms. The highest BCUT2D eigenvalue weighted by atomic mass is 14.0. The summed E-state index contributed by atoms with van der Waals surface area (Å²) in [5.41, 5.74) is 2.95. The van der Waals surface area contributed by atoms with Gasteiger partial charge in [-0.25, -0.2) is 0 Å². The second-order valence-electron chi connectivity index (χ2n) is 3.87. The SMILES string of the molecule is CC[CH]CCCCc1ccccc1C. The third-order valence-corrected chi connectivity index (χ3v) is 2.65. The molecule has 1 aromatic carbocycles. The largest absolute Gasteiger partial charge is 0.0651 e. The normalized spacial score (nSPS) is 10.4. The van der Waals surface area contributed by atoms with Gasteiger partial charge in [0.15, 0.2) is 0 Å². The summed E-state index contributed by atoms with van der Waals surface area (Å²) in [7, 11) is 0. The lowest BCUT2D eigenvalue weighted by Gasteiger charge is -2.04. The molecule has 0 aromatic heterocycles. The first kappa shape index (κ1) is 11.3. The predicted molar refractivity (Wildman–Crippen MR) is 63.3 cm³/mol. The van der Waals surface area contributed by atoms with Crippen LogP contribution in [0.5, 0.6) is 0 Å². The van der Waals surface area contributed by atoms with Crippen molar-refractivity contribution in [1.82, 2.24) is 0 Å². The summed E-state index contributed by atoms with van der Waals surface area (Å²) in [5, 5.41) is 0. The minimum atomic E-state index is 1.21. The van der Waals surface area contributed by atoms with E-state index in [1.54, 1.807) is 0 Å². The van der Waals surface area contributed by atoms with Crippen LogP contribution in [0.25, 0.3) is 0 Å². The molecule has 0 heterocycles. The van der Waals surface area contributed by atoms with Crippen molar-refractivity contribution in [2.75, 3.05) is 0 Å². The van der Waals surface area contributed by atoms with Crippen LogP contribution in [-0.2, 0) is 6.42 Å². The minimum Gasteiger partial charge on any atom is -0.0651 e. The molecule has 0 amide bonds. The van der Waals surface area contributed by atoms with E-state index in [0.717, 1.165) is 0 Å². The molecule has 0 atom stereocenters. The first-order valence-electron chi connectivity index (χ1n) is 5.70.